The first kappa shape index (κ1) is 34.8. The Morgan fingerprint density at radius 3 is 2.63 bits per heavy atom. The van der Waals surface area contributed by atoms with Gasteiger partial charge in [0.2, 0.25) is 27.7 Å². The molecule has 3 heterocycles. The van der Waals surface area contributed by atoms with Crippen molar-refractivity contribution in [3.63, 3.8) is 0 Å². The van der Waals surface area contributed by atoms with Gasteiger partial charge in [0.15, 0.2) is 0 Å². The number of allylic oxidation sites excluding steroid dienone is 1. The molecule has 49 heavy (non-hydrogen) atoms. The van der Waals surface area contributed by atoms with Crippen LogP contribution in [0, 0.1) is 11.7 Å². The molecule has 14 nitrogen and oxygen atoms in total. The fraction of sp³-hybridized carbons (Fsp3) is 0.606. The second-order valence-electron chi connectivity index (χ2n) is 13.6. The maximum atomic E-state index is 14.3. The molecular formula is C33H42FN5O9S. The summed E-state index contributed by atoms with van der Waals surface area (Å²) >= 11 is 0. The Hall–Kier alpha value is -4.05. The van der Waals surface area contributed by atoms with Crippen molar-refractivity contribution in [1.29, 1.82) is 0 Å². The molecule has 3 fully saturated rings. The highest BCUT2D eigenvalue weighted by atomic mass is 32.2. The SMILES string of the molecule is O=C(CCO)N[C@H]1CCCCC/C=C\[C@H]2C[C@@]2(C(=O)NS(=O)(=O)C2CC2)NC(=O)[C@@H]2C[C@@H](OC(=O)N3Cc4cccc(F)c4C3)CN2C1=O. The van der Waals surface area contributed by atoms with E-state index >= 15 is 0 Å². The van der Waals surface area contributed by atoms with Gasteiger partial charge in [-0.3, -0.25) is 28.8 Å². The first-order valence-electron chi connectivity index (χ1n) is 16.9. The molecule has 5 aliphatic rings. The molecule has 1 saturated heterocycles. The molecule has 6 rings (SSSR count). The van der Waals surface area contributed by atoms with E-state index in [9.17, 15) is 41.9 Å². The van der Waals surface area contributed by atoms with Crippen molar-refractivity contribution in [2.24, 2.45) is 5.92 Å². The third-order valence-electron chi connectivity index (χ3n) is 9.97. The van der Waals surface area contributed by atoms with Crippen LogP contribution in [-0.2, 0) is 47.0 Å². The topological polar surface area (TPSA) is 192 Å². The molecule has 5 amide bonds. The number of rotatable bonds is 7. The zero-order valence-corrected chi connectivity index (χ0v) is 27.9. The van der Waals surface area contributed by atoms with Gasteiger partial charge in [0.1, 0.15) is 29.5 Å². The molecule has 4 N–H and O–H groups in total. The van der Waals surface area contributed by atoms with E-state index in [1.807, 2.05) is 6.08 Å². The second-order valence-corrected chi connectivity index (χ2v) is 15.5. The number of hydrogen-bond acceptors (Lipinski definition) is 9. The summed E-state index contributed by atoms with van der Waals surface area (Å²) in [4.78, 5) is 70.0. The van der Waals surface area contributed by atoms with Gasteiger partial charge in [-0.05, 0) is 50.2 Å². The molecule has 2 aliphatic carbocycles. The zero-order valence-electron chi connectivity index (χ0n) is 27.1. The van der Waals surface area contributed by atoms with Crippen molar-refractivity contribution in [3.8, 4) is 0 Å². The van der Waals surface area contributed by atoms with Crippen molar-refractivity contribution in [2.45, 2.75) is 106 Å². The Labute approximate surface area is 283 Å². The highest BCUT2D eigenvalue weighted by molar-refractivity contribution is 7.91. The minimum atomic E-state index is -3.92. The number of sulfonamides is 1. The number of carbonyl (C=O) groups excluding carboxylic acids is 5. The van der Waals surface area contributed by atoms with E-state index in [0.717, 1.165) is 12.8 Å². The molecule has 1 aromatic carbocycles. The summed E-state index contributed by atoms with van der Waals surface area (Å²) in [6.07, 6.45) is 5.67. The van der Waals surface area contributed by atoms with Crippen LogP contribution in [-0.4, -0.2) is 95.2 Å². The second kappa shape index (κ2) is 14.1. The largest absolute Gasteiger partial charge is 0.444 e. The zero-order chi connectivity index (χ0) is 34.9. The molecule has 16 heteroatoms. The van der Waals surface area contributed by atoms with Crippen LogP contribution in [0.3, 0.4) is 0 Å². The smallest absolute Gasteiger partial charge is 0.410 e. The van der Waals surface area contributed by atoms with Crippen molar-refractivity contribution < 1.29 is 46.6 Å². The first-order chi connectivity index (χ1) is 23.4. The van der Waals surface area contributed by atoms with Crippen molar-refractivity contribution in [3.05, 3.63) is 47.3 Å². The molecule has 266 valence electrons. The molecule has 0 unspecified atom stereocenters. The third kappa shape index (κ3) is 7.59. The Morgan fingerprint density at radius 1 is 1.10 bits per heavy atom. The molecule has 1 aromatic rings. The van der Waals surface area contributed by atoms with Crippen molar-refractivity contribution in [2.75, 3.05) is 13.2 Å². The number of nitrogens with one attached hydrogen (secondary N) is 3. The van der Waals surface area contributed by atoms with Crippen molar-refractivity contribution in [1.82, 2.24) is 25.2 Å². The highest BCUT2D eigenvalue weighted by Gasteiger charge is 2.62. The third-order valence-corrected chi connectivity index (χ3v) is 11.8. The normalized spacial score (nSPS) is 29.3. The van der Waals surface area contributed by atoms with E-state index in [4.69, 9.17) is 4.74 Å². The number of halogens is 1. The maximum absolute atomic E-state index is 14.3. The predicted octanol–water partition coefficient (Wildman–Crippen LogP) is 1.12. The molecular weight excluding hydrogens is 661 g/mol. The lowest BCUT2D eigenvalue weighted by molar-refractivity contribution is -0.142. The average Bonchev–Trinajstić information content (AvgIpc) is 3.94. The van der Waals surface area contributed by atoms with Crippen LogP contribution >= 0.6 is 0 Å². The summed E-state index contributed by atoms with van der Waals surface area (Å²) < 4.78 is 47.7. The summed E-state index contributed by atoms with van der Waals surface area (Å²) in [7, 11) is -3.92. The summed E-state index contributed by atoms with van der Waals surface area (Å²) in [5.41, 5.74) is -0.526. The maximum Gasteiger partial charge on any atom is 0.410 e. The van der Waals surface area contributed by atoms with Crippen LogP contribution in [0.4, 0.5) is 9.18 Å². The number of carbonyl (C=O) groups is 5. The minimum absolute atomic E-state index is 0.00458. The lowest BCUT2D eigenvalue weighted by atomic mass is 10.0. The monoisotopic (exact) mass is 703 g/mol. The number of fused-ring (bicyclic) bond motifs is 3. The molecule has 0 radical (unpaired) electrons. The van der Waals surface area contributed by atoms with Crippen LogP contribution < -0.4 is 15.4 Å². The number of benzene rings is 1. The fourth-order valence-electron chi connectivity index (χ4n) is 6.94. The van der Waals surface area contributed by atoms with Gasteiger partial charge in [0, 0.05) is 30.9 Å². The summed E-state index contributed by atoms with van der Waals surface area (Å²) in [5, 5.41) is 14.1. The molecule has 0 spiro atoms. The number of ether oxygens (including phenoxy) is 1. The van der Waals surface area contributed by atoms with E-state index in [2.05, 4.69) is 15.4 Å². The molecule has 2 saturated carbocycles. The van der Waals surface area contributed by atoms with Gasteiger partial charge in [-0.25, -0.2) is 17.6 Å². The highest BCUT2D eigenvalue weighted by Crippen LogP contribution is 2.46. The van der Waals surface area contributed by atoms with Crippen LogP contribution in [0.2, 0.25) is 0 Å². The molecule has 0 bridgehead atoms. The standard InChI is InChI=1S/C33H42FN5O9S/c34-25-9-6-7-20-17-38(19-24(20)25)32(45)48-22-15-27-29(42)36-33(31(44)37-49(46,47)23-11-12-23)16-21(33)8-4-2-1-3-5-10-26(30(43)39(27)18-22)35-28(41)13-14-40/h4,6-9,21-23,26-27,40H,1-3,5,10-19H2,(H,35,41)(H,36,42)(H,37,44)/b8-4-/t21-,22+,26-,27-,33+/m0/s1. The number of amides is 5. The van der Waals surface area contributed by atoms with Gasteiger partial charge in [0.05, 0.1) is 24.9 Å². The quantitative estimate of drug-likeness (QED) is 0.302. The fourth-order valence-corrected chi connectivity index (χ4v) is 8.31. The van der Waals surface area contributed by atoms with Gasteiger partial charge in [-0.2, -0.15) is 0 Å². The molecule has 0 aromatic heterocycles. The lowest BCUT2D eigenvalue weighted by Gasteiger charge is -2.30. The molecule has 5 atom stereocenters. The number of nitrogens with zero attached hydrogens (tertiary/aromatic N) is 2. The van der Waals surface area contributed by atoms with Gasteiger partial charge in [-0.1, -0.05) is 37.1 Å². The van der Waals surface area contributed by atoms with E-state index in [1.54, 1.807) is 18.2 Å². The van der Waals surface area contributed by atoms with E-state index in [0.29, 0.717) is 36.8 Å². The summed E-state index contributed by atoms with van der Waals surface area (Å²) in [6, 6.07) is 2.32. The first-order valence-corrected chi connectivity index (χ1v) is 18.4. The molecule has 3 aliphatic heterocycles. The minimum Gasteiger partial charge on any atom is -0.444 e. The lowest BCUT2D eigenvalue weighted by Crippen LogP contribution is -2.58. The van der Waals surface area contributed by atoms with Crippen LogP contribution in [0.1, 0.15) is 75.3 Å². The van der Waals surface area contributed by atoms with Crippen molar-refractivity contribution >= 4 is 39.7 Å². The number of aliphatic hydroxyl groups excluding tert-OH is 1. The Kier molecular flexibility index (Phi) is 9.98. The Balaban J connectivity index is 1.24. The van der Waals surface area contributed by atoms with E-state index < -0.39 is 87.1 Å². The van der Waals surface area contributed by atoms with Gasteiger partial charge >= 0.3 is 6.09 Å². The predicted molar refractivity (Wildman–Crippen MR) is 171 cm³/mol. The van der Waals surface area contributed by atoms with E-state index in [-0.39, 0.29) is 45.3 Å². The van der Waals surface area contributed by atoms with Crippen LogP contribution in [0.15, 0.2) is 30.4 Å². The summed E-state index contributed by atoms with van der Waals surface area (Å²) in [6.45, 7) is -0.490. The van der Waals surface area contributed by atoms with Crippen LogP contribution in [0.25, 0.3) is 0 Å². The Morgan fingerprint density at radius 2 is 1.90 bits per heavy atom. The van der Waals surface area contributed by atoms with Gasteiger partial charge < -0.3 is 25.4 Å². The van der Waals surface area contributed by atoms with E-state index in [1.165, 1.54) is 15.9 Å². The van der Waals surface area contributed by atoms with Gasteiger partial charge in [0.25, 0.3) is 5.91 Å². The average molecular weight is 704 g/mol. The Bertz CT molecular complexity index is 1650. The summed E-state index contributed by atoms with van der Waals surface area (Å²) in [5.74, 6) is -3.62. The number of aliphatic hydroxyl groups is 1. The number of hydrogen-bond donors (Lipinski definition) is 4. The van der Waals surface area contributed by atoms with Crippen LogP contribution in [0.5, 0.6) is 0 Å². The van der Waals surface area contributed by atoms with Gasteiger partial charge in [-0.15, -0.1) is 0 Å².